The number of carbonyl (C=O) groups is 1. The Labute approximate surface area is 135 Å². The maximum atomic E-state index is 11.4. The quantitative estimate of drug-likeness (QED) is 0.263. The summed E-state index contributed by atoms with van der Waals surface area (Å²) in [6, 6.07) is 2.23. The molecule has 0 N–H and O–H groups in total. The average molecular weight is 415 g/mol. The Balaban J connectivity index is 0.00000120. The molecule has 0 saturated carbocycles. The minimum Gasteiger partial charge on any atom is -1.00 e. The van der Waals surface area contributed by atoms with Crippen LogP contribution < -0.4 is 33.2 Å². The van der Waals surface area contributed by atoms with E-state index in [0.29, 0.717) is 6.61 Å². The van der Waals surface area contributed by atoms with E-state index >= 15 is 0 Å². The van der Waals surface area contributed by atoms with Crippen LogP contribution in [0.5, 0.6) is 0 Å². The largest absolute Gasteiger partial charge is 1.00 e. The first-order valence-electron chi connectivity index (χ1n) is 5.84. The van der Waals surface area contributed by atoms with Gasteiger partial charge in [0.15, 0.2) is 0 Å². The fourth-order valence-corrected chi connectivity index (χ4v) is 6.13. The molecule has 3 nitrogen and oxygen atoms in total. The van der Waals surface area contributed by atoms with Crippen LogP contribution in [0.3, 0.4) is 0 Å². The van der Waals surface area contributed by atoms with E-state index in [1.165, 1.54) is 34.8 Å². The highest BCUT2D eigenvalue weighted by molar-refractivity contribution is 8.03. The number of thioether (sulfide) groups is 1. The molecule has 0 aromatic carbocycles. The van der Waals surface area contributed by atoms with Crippen LogP contribution >= 0.6 is 32.4 Å². The van der Waals surface area contributed by atoms with Crippen LogP contribution in [0, 0.1) is 0 Å². The summed E-state index contributed by atoms with van der Waals surface area (Å²) in [7, 11) is 3.61. The molecule has 7 heteroatoms. The van der Waals surface area contributed by atoms with E-state index in [9.17, 15) is 4.79 Å². The van der Waals surface area contributed by atoms with Crippen LogP contribution in [0.25, 0.3) is 0 Å². The maximum Gasteiger partial charge on any atom is 0.319 e. The summed E-state index contributed by atoms with van der Waals surface area (Å²) in [6.07, 6.45) is 3.46. The molecule has 0 amide bonds. The molecule has 18 heavy (non-hydrogen) atoms. The van der Waals surface area contributed by atoms with Crippen LogP contribution in [0.2, 0.25) is 0 Å². The van der Waals surface area contributed by atoms with Crippen molar-refractivity contribution >= 4 is 38.4 Å². The molecular formula is C11H14INO2S3. The lowest BCUT2D eigenvalue weighted by atomic mass is 10.4. The Morgan fingerprint density at radius 2 is 2.11 bits per heavy atom. The molecule has 100 valence electrons. The van der Waals surface area contributed by atoms with E-state index in [1.807, 2.05) is 10.3 Å². The van der Waals surface area contributed by atoms with Crippen LogP contribution in [-0.2, 0) is 9.53 Å². The fourth-order valence-electron chi connectivity index (χ4n) is 2.09. The predicted molar refractivity (Wildman–Crippen MR) is 71.7 cm³/mol. The van der Waals surface area contributed by atoms with E-state index in [0.717, 1.165) is 6.42 Å². The lowest BCUT2D eigenvalue weighted by Gasteiger charge is -2.00. The van der Waals surface area contributed by atoms with E-state index in [2.05, 4.69) is 10.6 Å². The summed E-state index contributed by atoms with van der Waals surface area (Å²) < 4.78 is 10.0. The number of halogens is 1. The van der Waals surface area contributed by atoms with Gasteiger partial charge in [0.05, 0.1) is 10.8 Å². The fraction of sp³-hybridized carbons (Fsp3) is 0.636. The zero-order valence-corrected chi connectivity index (χ0v) is 14.4. The van der Waals surface area contributed by atoms with Crippen molar-refractivity contribution in [3.8, 4) is 0 Å². The summed E-state index contributed by atoms with van der Waals surface area (Å²) in [4.78, 5) is 11.4. The van der Waals surface area contributed by atoms with Crippen molar-refractivity contribution in [2.45, 2.75) is 28.7 Å². The van der Waals surface area contributed by atoms with Crippen molar-refractivity contribution in [1.29, 1.82) is 0 Å². The van der Waals surface area contributed by atoms with Crippen molar-refractivity contribution in [2.24, 2.45) is 0 Å². The number of hydrogen-bond donors (Lipinski definition) is 0. The molecule has 3 heterocycles. The molecule has 2 aliphatic rings. The Morgan fingerprint density at radius 1 is 1.33 bits per heavy atom. The molecule has 1 aromatic heterocycles. The lowest BCUT2D eigenvalue weighted by molar-refractivity contribution is -0.137. The Morgan fingerprint density at radius 3 is 2.78 bits per heavy atom. The second-order valence-corrected chi connectivity index (χ2v) is 7.92. The molecule has 1 aromatic rings. The molecule has 2 aliphatic heterocycles. The van der Waals surface area contributed by atoms with E-state index in [1.54, 1.807) is 22.1 Å². The topological polar surface area (TPSA) is 29.3 Å². The Hall–Kier alpha value is 0.400. The number of ether oxygens (including phenoxy) is 1. The van der Waals surface area contributed by atoms with Gasteiger partial charge in [-0.3, -0.25) is 4.79 Å². The Kier molecular flexibility index (Phi) is 5.52. The van der Waals surface area contributed by atoms with Gasteiger partial charge in [-0.25, -0.2) is 4.58 Å². The normalized spacial score (nSPS) is 23.0. The van der Waals surface area contributed by atoms with Crippen LogP contribution in [-0.4, -0.2) is 30.9 Å². The summed E-state index contributed by atoms with van der Waals surface area (Å²) >= 11 is 1.67. The van der Waals surface area contributed by atoms with Crippen molar-refractivity contribution in [3.05, 3.63) is 10.7 Å². The highest BCUT2D eigenvalue weighted by atomic mass is 127. The van der Waals surface area contributed by atoms with E-state index in [-0.39, 0.29) is 35.2 Å². The van der Waals surface area contributed by atoms with E-state index in [4.69, 9.17) is 4.74 Å². The second kappa shape index (κ2) is 6.71. The van der Waals surface area contributed by atoms with Crippen molar-refractivity contribution in [2.75, 3.05) is 19.7 Å². The summed E-state index contributed by atoms with van der Waals surface area (Å²) in [5.41, 5.74) is 0. The summed E-state index contributed by atoms with van der Waals surface area (Å²) in [6.45, 7) is 2.95. The zero-order chi connectivity index (χ0) is 11.7. The van der Waals surface area contributed by atoms with Crippen molar-refractivity contribution in [3.63, 3.8) is 0 Å². The zero-order valence-electron chi connectivity index (χ0n) is 9.76. The second-order valence-electron chi connectivity index (χ2n) is 4.23. The number of cyclic esters (lactones) is 1. The van der Waals surface area contributed by atoms with Gasteiger partial charge >= 0.3 is 5.97 Å². The van der Waals surface area contributed by atoms with Gasteiger partial charge in [-0.05, 0) is 10.3 Å². The Bertz CT molecular complexity index is 488. The van der Waals surface area contributed by atoms with Gasteiger partial charge < -0.3 is 28.7 Å². The van der Waals surface area contributed by atoms with Gasteiger partial charge in [0.25, 0.3) is 4.67 Å². The molecular weight excluding hydrogens is 401 g/mol. The summed E-state index contributed by atoms with van der Waals surface area (Å²) in [5.74, 6) is -0.0453. The third-order valence-corrected chi connectivity index (χ3v) is 7.15. The van der Waals surface area contributed by atoms with Gasteiger partial charge in [-0.1, -0.05) is 22.1 Å². The minimum atomic E-state index is -0.0453. The molecule has 3 rings (SSSR count). The van der Waals surface area contributed by atoms with Crippen LogP contribution in [0.4, 0.5) is 0 Å². The number of esters is 1. The van der Waals surface area contributed by atoms with Crippen LogP contribution in [0.1, 0.15) is 19.3 Å². The molecule has 2 fully saturated rings. The molecule has 0 radical (unpaired) electrons. The smallest absolute Gasteiger partial charge is 0.319 e. The third kappa shape index (κ3) is 3.29. The van der Waals surface area contributed by atoms with Crippen molar-refractivity contribution in [1.82, 2.24) is 4.58 Å². The van der Waals surface area contributed by atoms with Gasteiger partial charge in [0.2, 0.25) is 0 Å². The molecule has 0 aliphatic carbocycles. The highest BCUT2D eigenvalue weighted by Gasteiger charge is 2.28. The standard InChI is InChI=1S/C11H14NO2S3.HI/c13-11-8(3-6-14-11)15-10-7-9(16-17-10)12-4-1-2-5-12;/h7-8H,1-6H2;1H/q+1;/p-1. The predicted octanol–water partition coefficient (Wildman–Crippen LogP) is -1.21. The number of rotatable bonds is 2. The monoisotopic (exact) mass is 415 g/mol. The molecule has 0 bridgehead atoms. The number of nitrogens with zero attached hydrogens (tertiary/aromatic N) is 1. The molecule has 0 spiro atoms. The minimum absolute atomic E-state index is 0. The third-order valence-electron chi connectivity index (χ3n) is 3.01. The van der Waals surface area contributed by atoms with Crippen molar-refractivity contribution < 1.29 is 33.5 Å². The first kappa shape index (κ1) is 14.8. The molecule has 1 unspecified atom stereocenters. The molecule has 1 atom stereocenters. The highest BCUT2D eigenvalue weighted by Crippen LogP contribution is 2.32. The van der Waals surface area contributed by atoms with Gasteiger partial charge in [0.1, 0.15) is 18.3 Å². The van der Waals surface area contributed by atoms with Crippen LogP contribution in [0.15, 0.2) is 10.3 Å². The first-order chi connectivity index (χ1) is 8.33. The average Bonchev–Trinajstić information content (AvgIpc) is 3.02. The van der Waals surface area contributed by atoms with Gasteiger partial charge in [-0.15, -0.1) is 0 Å². The first-order valence-corrected chi connectivity index (χ1v) is 8.87. The van der Waals surface area contributed by atoms with Gasteiger partial charge in [0, 0.05) is 25.3 Å². The van der Waals surface area contributed by atoms with E-state index < -0.39 is 0 Å². The maximum absolute atomic E-state index is 11.4. The summed E-state index contributed by atoms with van der Waals surface area (Å²) in [5, 5.41) is 0.0206. The molecule has 2 saturated heterocycles. The van der Waals surface area contributed by atoms with Gasteiger partial charge in [-0.2, -0.15) is 0 Å². The lowest BCUT2D eigenvalue weighted by Crippen LogP contribution is -3.00. The SMILES string of the molecule is O=C1OCCC1Sc1cc(=[N+]2CCCC2)ss1.[I-]. The number of carbonyl (C=O) groups excluding carboxylic acids is 1. The number of hydrogen-bond acceptors (Lipinski definition) is 5.